The van der Waals surface area contributed by atoms with E-state index in [1.165, 1.54) is 0 Å². The second-order valence-corrected chi connectivity index (χ2v) is 5.95. The van der Waals surface area contributed by atoms with Crippen molar-refractivity contribution in [2.45, 2.75) is 39.5 Å². The Balaban J connectivity index is 2.25. The molecule has 0 fully saturated rings. The minimum atomic E-state index is -0.457. The lowest BCUT2D eigenvalue weighted by Crippen LogP contribution is -2.19. The van der Waals surface area contributed by atoms with E-state index in [9.17, 15) is 4.79 Å². The predicted molar refractivity (Wildman–Crippen MR) is 90.7 cm³/mol. The molecule has 2 aromatic rings. The number of para-hydroxylation sites is 2. The van der Waals surface area contributed by atoms with Crippen molar-refractivity contribution in [1.82, 2.24) is 0 Å². The highest BCUT2D eigenvalue weighted by Crippen LogP contribution is 2.32. The summed E-state index contributed by atoms with van der Waals surface area (Å²) in [5.74, 6) is 1.18. The van der Waals surface area contributed by atoms with E-state index in [-0.39, 0.29) is 0 Å². The average Bonchev–Trinajstić information content (AvgIpc) is 2.47. The summed E-state index contributed by atoms with van der Waals surface area (Å²) >= 11 is 0. The van der Waals surface area contributed by atoms with Crippen molar-refractivity contribution in [3.63, 3.8) is 0 Å². The number of amides is 1. The van der Waals surface area contributed by atoms with Crippen molar-refractivity contribution < 1.29 is 9.53 Å². The van der Waals surface area contributed by atoms with Crippen LogP contribution in [0.15, 0.2) is 48.5 Å². The van der Waals surface area contributed by atoms with Crippen LogP contribution in [0.1, 0.15) is 50.7 Å². The third-order valence-corrected chi connectivity index (χ3v) is 3.55. The zero-order valence-corrected chi connectivity index (χ0v) is 13.6. The molecular weight excluding hydrogens is 274 g/mol. The molecular formula is C19H23NO2. The van der Waals surface area contributed by atoms with Gasteiger partial charge in [0.25, 0.3) is 0 Å². The van der Waals surface area contributed by atoms with Gasteiger partial charge in [-0.3, -0.25) is 5.32 Å². The second kappa shape index (κ2) is 7.12. The van der Waals surface area contributed by atoms with E-state index in [1.807, 2.05) is 24.3 Å². The number of carbonyl (C=O) groups is 1. The van der Waals surface area contributed by atoms with E-state index in [1.54, 1.807) is 12.1 Å². The molecule has 1 amide bonds. The number of hydrogen-bond acceptors (Lipinski definition) is 2. The van der Waals surface area contributed by atoms with E-state index in [4.69, 9.17) is 4.74 Å². The normalized spacial score (nSPS) is 10.8. The van der Waals surface area contributed by atoms with Gasteiger partial charge in [0.05, 0.1) is 5.69 Å². The van der Waals surface area contributed by atoms with E-state index >= 15 is 0 Å². The molecule has 0 saturated carbocycles. The smallest absolute Gasteiger partial charge is 0.410 e. The van der Waals surface area contributed by atoms with Crippen molar-refractivity contribution in [2.75, 3.05) is 5.32 Å². The molecule has 116 valence electrons. The lowest BCUT2D eigenvalue weighted by atomic mass is 9.93. The molecule has 0 radical (unpaired) electrons. The van der Waals surface area contributed by atoms with E-state index in [0.717, 1.165) is 16.8 Å². The molecule has 0 unspecified atom stereocenters. The van der Waals surface area contributed by atoms with Gasteiger partial charge >= 0.3 is 6.09 Å². The molecule has 0 saturated heterocycles. The fourth-order valence-electron chi connectivity index (χ4n) is 2.42. The van der Waals surface area contributed by atoms with Crippen LogP contribution >= 0.6 is 0 Å². The van der Waals surface area contributed by atoms with Crippen LogP contribution in [0.25, 0.3) is 0 Å². The lowest BCUT2D eigenvalue weighted by molar-refractivity contribution is 0.215. The third kappa shape index (κ3) is 3.88. The summed E-state index contributed by atoms with van der Waals surface area (Å²) in [6, 6.07) is 15.2. The number of rotatable bonds is 4. The molecule has 0 bridgehead atoms. The molecule has 22 heavy (non-hydrogen) atoms. The van der Waals surface area contributed by atoms with Crippen LogP contribution in [0.5, 0.6) is 5.75 Å². The van der Waals surface area contributed by atoms with Gasteiger partial charge in [-0.05, 0) is 35.1 Å². The van der Waals surface area contributed by atoms with Crippen LogP contribution in [0.3, 0.4) is 0 Å². The minimum absolute atomic E-state index is 0.325. The van der Waals surface area contributed by atoms with Gasteiger partial charge in [0.1, 0.15) is 5.75 Å². The van der Waals surface area contributed by atoms with E-state index in [0.29, 0.717) is 17.6 Å². The predicted octanol–water partition coefficient (Wildman–Crippen LogP) is 5.54. The SMILES string of the molecule is CC(C)c1cccc(C(C)C)c1NC(=O)Oc1ccccc1. The minimum Gasteiger partial charge on any atom is -0.410 e. The highest BCUT2D eigenvalue weighted by atomic mass is 16.6. The Labute approximate surface area is 132 Å². The summed E-state index contributed by atoms with van der Waals surface area (Å²) in [6.07, 6.45) is -0.457. The summed E-state index contributed by atoms with van der Waals surface area (Å²) in [6.45, 7) is 8.47. The number of hydrogen-bond donors (Lipinski definition) is 1. The first-order chi connectivity index (χ1) is 10.5. The largest absolute Gasteiger partial charge is 0.417 e. The summed E-state index contributed by atoms with van der Waals surface area (Å²) in [7, 11) is 0. The topological polar surface area (TPSA) is 38.3 Å². The van der Waals surface area contributed by atoms with Crippen LogP contribution in [-0.2, 0) is 0 Å². The van der Waals surface area contributed by atoms with Crippen molar-refractivity contribution in [3.8, 4) is 5.75 Å². The Bertz CT molecular complexity index is 607. The molecule has 2 aromatic carbocycles. The summed E-state index contributed by atoms with van der Waals surface area (Å²) in [5.41, 5.74) is 3.11. The Kier molecular flexibility index (Phi) is 5.21. The molecule has 0 aliphatic heterocycles. The maximum absolute atomic E-state index is 12.2. The maximum atomic E-state index is 12.2. The molecule has 0 aliphatic rings. The quantitative estimate of drug-likeness (QED) is 0.804. The van der Waals surface area contributed by atoms with Gasteiger partial charge in [-0.1, -0.05) is 64.1 Å². The van der Waals surface area contributed by atoms with Crippen LogP contribution in [0.4, 0.5) is 10.5 Å². The first-order valence-corrected chi connectivity index (χ1v) is 7.65. The summed E-state index contributed by atoms with van der Waals surface area (Å²) < 4.78 is 5.34. The van der Waals surface area contributed by atoms with Crippen molar-refractivity contribution in [3.05, 3.63) is 59.7 Å². The molecule has 0 spiro atoms. The van der Waals surface area contributed by atoms with Gasteiger partial charge in [0, 0.05) is 0 Å². The molecule has 0 aliphatic carbocycles. The standard InChI is InChI=1S/C19H23NO2/c1-13(2)16-11-8-12-17(14(3)4)18(16)20-19(21)22-15-9-6-5-7-10-15/h5-14H,1-4H3,(H,20,21). The van der Waals surface area contributed by atoms with Gasteiger partial charge in [-0.2, -0.15) is 0 Å². The molecule has 0 aromatic heterocycles. The zero-order chi connectivity index (χ0) is 16.1. The highest BCUT2D eigenvalue weighted by Gasteiger charge is 2.16. The molecule has 0 heterocycles. The van der Waals surface area contributed by atoms with Crippen molar-refractivity contribution in [2.24, 2.45) is 0 Å². The fourth-order valence-corrected chi connectivity index (χ4v) is 2.42. The second-order valence-electron chi connectivity index (χ2n) is 5.95. The van der Waals surface area contributed by atoms with Gasteiger partial charge in [0.2, 0.25) is 0 Å². The van der Waals surface area contributed by atoms with E-state index < -0.39 is 6.09 Å². The van der Waals surface area contributed by atoms with E-state index in [2.05, 4.69) is 45.1 Å². The third-order valence-electron chi connectivity index (χ3n) is 3.55. The fraction of sp³-hybridized carbons (Fsp3) is 0.316. The summed E-state index contributed by atoms with van der Waals surface area (Å²) in [4.78, 5) is 12.2. The molecule has 2 rings (SSSR count). The van der Waals surface area contributed by atoms with Crippen LogP contribution in [-0.4, -0.2) is 6.09 Å². The van der Waals surface area contributed by atoms with Crippen LogP contribution in [0.2, 0.25) is 0 Å². The first-order valence-electron chi connectivity index (χ1n) is 7.65. The molecule has 3 heteroatoms. The van der Waals surface area contributed by atoms with Crippen LogP contribution in [0, 0.1) is 0 Å². The number of carbonyl (C=O) groups excluding carboxylic acids is 1. The number of ether oxygens (including phenoxy) is 1. The van der Waals surface area contributed by atoms with Crippen molar-refractivity contribution in [1.29, 1.82) is 0 Å². The first kappa shape index (κ1) is 16.1. The maximum Gasteiger partial charge on any atom is 0.417 e. The molecule has 3 nitrogen and oxygen atoms in total. The van der Waals surface area contributed by atoms with Crippen LogP contribution < -0.4 is 10.1 Å². The zero-order valence-electron chi connectivity index (χ0n) is 13.6. The summed E-state index contributed by atoms with van der Waals surface area (Å²) in [5, 5.41) is 2.93. The highest BCUT2D eigenvalue weighted by molar-refractivity contribution is 5.88. The van der Waals surface area contributed by atoms with Gasteiger partial charge in [0.15, 0.2) is 0 Å². The number of anilines is 1. The number of nitrogens with one attached hydrogen (secondary N) is 1. The molecule has 1 N–H and O–H groups in total. The van der Waals surface area contributed by atoms with Gasteiger partial charge in [-0.15, -0.1) is 0 Å². The Hall–Kier alpha value is -2.29. The number of benzene rings is 2. The Morgan fingerprint density at radius 2 is 1.41 bits per heavy atom. The van der Waals surface area contributed by atoms with Gasteiger partial charge in [-0.25, -0.2) is 4.79 Å². The monoisotopic (exact) mass is 297 g/mol. The van der Waals surface area contributed by atoms with Crippen molar-refractivity contribution >= 4 is 11.8 Å². The average molecular weight is 297 g/mol. The Morgan fingerprint density at radius 3 is 1.91 bits per heavy atom. The Morgan fingerprint density at radius 1 is 0.864 bits per heavy atom. The lowest BCUT2D eigenvalue weighted by Gasteiger charge is -2.19. The molecule has 0 atom stereocenters. The van der Waals surface area contributed by atoms with Gasteiger partial charge < -0.3 is 4.74 Å².